The summed E-state index contributed by atoms with van der Waals surface area (Å²) in [4.78, 5) is 0. The highest BCUT2D eigenvalue weighted by Crippen LogP contribution is 2.24. The minimum absolute atomic E-state index is 0.408. The van der Waals surface area contributed by atoms with Crippen molar-refractivity contribution in [3.8, 4) is 0 Å². The Labute approximate surface area is 125 Å². The lowest BCUT2D eigenvalue weighted by Crippen LogP contribution is -2.21. The summed E-state index contributed by atoms with van der Waals surface area (Å²) in [5, 5.41) is 8.52. The van der Waals surface area contributed by atoms with Gasteiger partial charge in [0.25, 0.3) is 0 Å². The van der Waals surface area contributed by atoms with Crippen molar-refractivity contribution in [1.82, 2.24) is 15.1 Å². The van der Waals surface area contributed by atoms with E-state index in [2.05, 4.69) is 51.5 Å². The van der Waals surface area contributed by atoms with Gasteiger partial charge >= 0.3 is 0 Å². The Balaban J connectivity index is 3.07. The smallest absolute Gasteiger partial charge is 0.0672 e. The van der Waals surface area contributed by atoms with E-state index in [4.69, 9.17) is 5.10 Å². The highest BCUT2D eigenvalue weighted by atomic mass is 15.3. The summed E-state index contributed by atoms with van der Waals surface area (Å²) in [6.07, 6.45) is 4.47. The first-order valence-electron chi connectivity index (χ1n) is 8.40. The van der Waals surface area contributed by atoms with Gasteiger partial charge < -0.3 is 5.32 Å². The Hall–Kier alpha value is -0.830. The van der Waals surface area contributed by atoms with Crippen LogP contribution >= 0.6 is 0 Å². The van der Waals surface area contributed by atoms with Crippen molar-refractivity contribution in [1.29, 1.82) is 0 Å². The predicted octanol–water partition coefficient (Wildman–Crippen LogP) is 4.11. The molecule has 1 N–H and O–H groups in total. The van der Waals surface area contributed by atoms with Gasteiger partial charge in [-0.25, -0.2) is 0 Å². The van der Waals surface area contributed by atoms with Crippen LogP contribution in [0.1, 0.15) is 77.4 Å². The van der Waals surface area contributed by atoms with E-state index in [1.807, 2.05) is 0 Å². The van der Waals surface area contributed by atoms with Gasteiger partial charge in [0, 0.05) is 23.8 Å². The lowest BCUT2D eigenvalue weighted by Gasteiger charge is -2.17. The normalized spacial score (nSPS) is 14.5. The monoisotopic (exact) mass is 279 g/mol. The van der Waals surface area contributed by atoms with Crippen molar-refractivity contribution >= 4 is 0 Å². The third-order valence-electron chi connectivity index (χ3n) is 4.16. The van der Waals surface area contributed by atoms with E-state index in [1.54, 1.807) is 0 Å². The molecule has 2 unspecified atom stereocenters. The van der Waals surface area contributed by atoms with Crippen LogP contribution in [0.15, 0.2) is 0 Å². The van der Waals surface area contributed by atoms with E-state index in [-0.39, 0.29) is 0 Å². The van der Waals surface area contributed by atoms with Crippen molar-refractivity contribution in [3.63, 3.8) is 0 Å². The van der Waals surface area contributed by atoms with E-state index in [9.17, 15) is 0 Å². The molecular weight excluding hydrogens is 246 g/mol. The molecule has 0 amide bonds. The second-order valence-corrected chi connectivity index (χ2v) is 5.89. The molecule has 0 radical (unpaired) electrons. The molecule has 1 heterocycles. The molecule has 3 heteroatoms. The molecule has 2 atom stereocenters. The molecule has 116 valence electrons. The molecule has 0 aliphatic rings. The van der Waals surface area contributed by atoms with E-state index in [0.29, 0.717) is 12.0 Å². The minimum Gasteiger partial charge on any atom is -0.310 e. The standard InChI is InChI=1S/C17H33N3/c1-7-11-18-14(6)17-15(9-3)19-20(16(17)10-4)12-13(5)8-2/h13-14,18H,7-12H2,1-6H3. The summed E-state index contributed by atoms with van der Waals surface area (Å²) >= 11 is 0. The van der Waals surface area contributed by atoms with Gasteiger partial charge in [0.1, 0.15) is 0 Å². The van der Waals surface area contributed by atoms with Crippen LogP contribution in [0.2, 0.25) is 0 Å². The van der Waals surface area contributed by atoms with Gasteiger partial charge in [-0.3, -0.25) is 4.68 Å². The molecule has 3 nitrogen and oxygen atoms in total. The Morgan fingerprint density at radius 1 is 1.10 bits per heavy atom. The average Bonchev–Trinajstić information content (AvgIpc) is 2.81. The van der Waals surface area contributed by atoms with E-state index in [0.717, 1.165) is 25.9 Å². The second-order valence-electron chi connectivity index (χ2n) is 5.89. The zero-order chi connectivity index (χ0) is 15.1. The van der Waals surface area contributed by atoms with Gasteiger partial charge in [-0.2, -0.15) is 5.10 Å². The molecular formula is C17H33N3. The lowest BCUT2D eigenvalue weighted by atomic mass is 10.0. The lowest BCUT2D eigenvalue weighted by molar-refractivity contribution is 0.426. The third kappa shape index (κ3) is 4.08. The molecule has 0 spiro atoms. The minimum atomic E-state index is 0.408. The van der Waals surface area contributed by atoms with Crippen molar-refractivity contribution in [3.05, 3.63) is 17.0 Å². The van der Waals surface area contributed by atoms with Gasteiger partial charge in [0.2, 0.25) is 0 Å². The predicted molar refractivity (Wildman–Crippen MR) is 87.1 cm³/mol. The number of aryl methyl sites for hydroxylation is 1. The molecule has 0 saturated heterocycles. The summed E-state index contributed by atoms with van der Waals surface area (Å²) in [5.74, 6) is 0.691. The van der Waals surface area contributed by atoms with Crippen molar-refractivity contribution in [2.45, 2.75) is 79.8 Å². The molecule has 1 aromatic heterocycles. The van der Waals surface area contributed by atoms with Crippen LogP contribution < -0.4 is 5.32 Å². The van der Waals surface area contributed by atoms with Gasteiger partial charge in [-0.05, 0) is 38.6 Å². The van der Waals surface area contributed by atoms with Crippen molar-refractivity contribution in [2.75, 3.05) is 6.54 Å². The topological polar surface area (TPSA) is 29.9 Å². The fraction of sp³-hybridized carbons (Fsp3) is 0.824. The summed E-state index contributed by atoms with van der Waals surface area (Å²) in [6, 6.07) is 0.408. The molecule has 0 fully saturated rings. The van der Waals surface area contributed by atoms with Gasteiger partial charge in [-0.15, -0.1) is 0 Å². The molecule has 0 aromatic carbocycles. The van der Waals surface area contributed by atoms with Crippen molar-refractivity contribution in [2.24, 2.45) is 5.92 Å². The Morgan fingerprint density at radius 3 is 2.30 bits per heavy atom. The fourth-order valence-electron chi connectivity index (χ4n) is 2.74. The van der Waals surface area contributed by atoms with E-state index in [1.165, 1.54) is 29.8 Å². The number of aromatic nitrogens is 2. The summed E-state index contributed by atoms with van der Waals surface area (Å²) in [6.45, 7) is 15.6. The number of nitrogens with one attached hydrogen (secondary N) is 1. The summed E-state index contributed by atoms with van der Waals surface area (Å²) in [5.41, 5.74) is 4.16. The van der Waals surface area contributed by atoms with Crippen LogP contribution in [0.4, 0.5) is 0 Å². The van der Waals surface area contributed by atoms with E-state index >= 15 is 0 Å². The highest BCUT2D eigenvalue weighted by Gasteiger charge is 2.20. The number of rotatable bonds is 9. The quantitative estimate of drug-likeness (QED) is 0.737. The largest absolute Gasteiger partial charge is 0.310 e. The molecule has 20 heavy (non-hydrogen) atoms. The van der Waals surface area contributed by atoms with Gasteiger partial charge in [-0.1, -0.05) is 41.0 Å². The zero-order valence-corrected chi connectivity index (χ0v) is 14.3. The maximum atomic E-state index is 4.89. The molecule has 0 aliphatic heterocycles. The van der Waals surface area contributed by atoms with E-state index < -0.39 is 0 Å². The Kier molecular flexibility index (Phi) is 7.28. The second kappa shape index (κ2) is 8.46. The zero-order valence-electron chi connectivity index (χ0n) is 14.3. The van der Waals surface area contributed by atoms with Crippen LogP contribution in [0.3, 0.4) is 0 Å². The van der Waals surface area contributed by atoms with Crippen molar-refractivity contribution < 1.29 is 0 Å². The fourth-order valence-corrected chi connectivity index (χ4v) is 2.74. The van der Waals surface area contributed by atoms with Gasteiger partial charge in [0.15, 0.2) is 0 Å². The summed E-state index contributed by atoms with van der Waals surface area (Å²) in [7, 11) is 0. The van der Waals surface area contributed by atoms with Crippen LogP contribution in [0.5, 0.6) is 0 Å². The van der Waals surface area contributed by atoms with Crippen LogP contribution in [0, 0.1) is 5.92 Å². The molecule has 0 aliphatic carbocycles. The molecule has 1 rings (SSSR count). The summed E-state index contributed by atoms with van der Waals surface area (Å²) < 4.78 is 2.27. The Bertz CT molecular complexity index is 395. The number of hydrogen-bond acceptors (Lipinski definition) is 2. The third-order valence-corrected chi connectivity index (χ3v) is 4.16. The Morgan fingerprint density at radius 2 is 1.80 bits per heavy atom. The average molecular weight is 279 g/mol. The maximum Gasteiger partial charge on any atom is 0.0672 e. The maximum absolute atomic E-state index is 4.89. The first kappa shape index (κ1) is 17.2. The molecule has 1 aromatic rings. The molecule has 0 saturated carbocycles. The SMILES string of the molecule is CCCNC(C)c1c(CC)nn(CC(C)CC)c1CC. The molecule has 0 bridgehead atoms. The van der Waals surface area contributed by atoms with Crippen LogP contribution in [-0.2, 0) is 19.4 Å². The first-order valence-corrected chi connectivity index (χ1v) is 8.40. The van der Waals surface area contributed by atoms with Crippen LogP contribution in [-0.4, -0.2) is 16.3 Å². The first-order chi connectivity index (χ1) is 9.58. The number of nitrogens with zero attached hydrogens (tertiary/aromatic N) is 2. The highest BCUT2D eigenvalue weighted by molar-refractivity contribution is 5.30. The number of hydrogen-bond donors (Lipinski definition) is 1. The van der Waals surface area contributed by atoms with Gasteiger partial charge in [0.05, 0.1) is 5.69 Å². The van der Waals surface area contributed by atoms with Crippen LogP contribution in [0.25, 0.3) is 0 Å².